The lowest BCUT2D eigenvalue weighted by atomic mass is 10.1. The number of likely N-dealkylation sites (tertiary alicyclic amines) is 1. The predicted molar refractivity (Wildman–Crippen MR) is 99.1 cm³/mol. The van der Waals surface area contributed by atoms with Crippen molar-refractivity contribution < 1.29 is 9.53 Å². The number of hydrogen-bond donors (Lipinski definition) is 1. The summed E-state index contributed by atoms with van der Waals surface area (Å²) >= 11 is 1.57. The van der Waals surface area contributed by atoms with Gasteiger partial charge in [0.05, 0.1) is 12.6 Å². The Balaban J connectivity index is 1.52. The minimum absolute atomic E-state index is 0.297. The highest BCUT2D eigenvalue weighted by atomic mass is 32.1. The van der Waals surface area contributed by atoms with E-state index in [0.717, 1.165) is 37.5 Å². The van der Waals surface area contributed by atoms with E-state index in [9.17, 15) is 4.79 Å². The average Bonchev–Trinajstić information content (AvgIpc) is 3.35. The lowest BCUT2D eigenvalue weighted by molar-refractivity contribution is 0.0520. The third-order valence-electron chi connectivity index (χ3n) is 4.96. The van der Waals surface area contributed by atoms with Crippen LogP contribution in [-0.2, 0) is 17.7 Å². The second-order valence-electron chi connectivity index (χ2n) is 6.55. The smallest absolute Gasteiger partial charge is 0.357 e. The monoisotopic (exact) mass is 357 g/mol. The molecule has 6 heteroatoms. The number of nitrogens with one attached hydrogen (secondary N) is 1. The topological polar surface area (TPSA) is 54.5 Å². The van der Waals surface area contributed by atoms with Gasteiger partial charge in [0.2, 0.25) is 0 Å². The van der Waals surface area contributed by atoms with Gasteiger partial charge in [0, 0.05) is 24.2 Å². The summed E-state index contributed by atoms with van der Waals surface area (Å²) in [6.45, 7) is 5.23. The van der Waals surface area contributed by atoms with Gasteiger partial charge in [0.1, 0.15) is 5.01 Å². The minimum atomic E-state index is -0.320. The summed E-state index contributed by atoms with van der Waals surface area (Å²) in [5.74, 6) is -0.320. The van der Waals surface area contributed by atoms with E-state index < -0.39 is 0 Å². The van der Waals surface area contributed by atoms with Crippen molar-refractivity contribution in [3.05, 3.63) is 45.4 Å². The number of fused-ring (bicyclic) bond motifs is 1. The van der Waals surface area contributed by atoms with Crippen molar-refractivity contribution in [2.24, 2.45) is 0 Å². The van der Waals surface area contributed by atoms with Gasteiger partial charge < -0.3 is 10.1 Å². The van der Waals surface area contributed by atoms with Gasteiger partial charge in [0.25, 0.3) is 0 Å². The van der Waals surface area contributed by atoms with Gasteiger partial charge in [-0.05, 0) is 43.9 Å². The van der Waals surface area contributed by atoms with Crippen molar-refractivity contribution in [1.29, 1.82) is 0 Å². The first-order valence-corrected chi connectivity index (χ1v) is 9.85. The molecular weight excluding hydrogens is 334 g/mol. The van der Waals surface area contributed by atoms with E-state index in [2.05, 4.69) is 33.4 Å². The Morgan fingerprint density at radius 3 is 3.28 bits per heavy atom. The molecule has 1 aromatic carbocycles. The molecule has 1 aromatic heterocycles. The fourth-order valence-electron chi connectivity index (χ4n) is 3.80. The fourth-order valence-corrected chi connectivity index (χ4v) is 4.75. The van der Waals surface area contributed by atoms with E-state index in [1.54, 1.807) is 11.3 Å². The lowest BCUT2D eigenvalue weighted by Crippen LogP contribution is -2.23. The van der Waals surface area contributed by atoms with E-state index >= 15 is 0 Å². The Labute approximate surface area is 152 Å². The number of para-hydroxylation sites is 1. The van der Waals surface area contributed by atoms with E-state index in [-0.39, 0.29) is 5.97 Å². The summed E-state index contributed by atoms with van der Waals surface area (Å²) < 4.78 is 5.06. The van der Waals surface area contributed by atoms with Crippen LogP contribution < -0.4 is 5.32 Å². The van der Waals surface area contributed by atoms with E-state index in [1.807, 2.05) is 12.3 Å². The molecule has 2 aliphatic heterocycles. The Bertz CT molecular complexity index is 774. The number of carbonyl (C=O) groups excluding carboxylic acids is 1. The highest BCUT2D eigenvalue weighted by Gasteiger charge is 2.30. The Morgan fingerprint density at radius 2 is 2.40 bits per heavy atom. The largest absolute Gasteiger partial charge is 0.461 e. The van der Waals surface area contributed by atoms with E-state index in [1.165, 1.54) is 23.2 Å². The molecule has 1 saturated heterocycles. The number of esters is 1. The van der Waals surface area contributed by atoms with Crippen molar-refractivity contribution >= 4 is 23.0 Å². The molecule has 132 valence electrons. The molecule has 25 heavy (non-hydrogen) atoms. The molecule has 1 fully saturated rings. The van der Waals surface area contributed by atoms with Gasteiger partial charge in [-0.15, -0.1) is 11.3 Å². The van der Waals surface area contributed by atoms with Crippen molar-refractivity contribution in [1.82, 2.24) is 9.88 Å². The van der Waals surface area contributed by atoms with Crippen LogP contribution >= 0.6 is 11.3 Å². The van der Waals surface area contributed by atoms with E-state index in [4.69, 9.17) is 4.74 Å². The number of ether oxygens (including phenoxy) is 1. The molecule has 1 N–H and O–H groups in total. The maximum absolute atomic E-state index is 11.9. The second-order valence-corrected chi connectivity index (χ2v) is 7.44. The quantitative estimate of drug-likeness (QED) is 0.828. The molecule has 2 aromatic rings. The summed E-state index contributed by atoms with van der Waals surface area (Å²) in [4.78, 5) is 18.9. The highest BCUT2D eigenvalue weighted by Crippen LogP contribution is 2.37. The first-order valence-electron chi connectivity index (χ1n) is 8.97. The van der Waals surface area contributed by atoms with Crippen LogP contribution in [0.3, 0.4) is 0 Å². The zero-order valence-corrected chi connectivity index (χ0v) is 15.3. The standard InChI is InChI=1S/C19H23N3O2S/c1-2-24-19(23)15-12-25-18(21-15)16-7-4-10-22(16)11-14-6-3-5-13-8-9-20-17(13)14/h3,5-6,12,16,20H,2,4,7-11H2,1H3. The van der Waals surface area contributed by atoms with Crippen LogP contribution in [0, 0.1) is 0 Å². The van der Waals surface area contributed by atoms with Crippen LogP contribution in [-0.4, -0.2) is 35.5 Å². The van der Waals surface area contributed by atoms with Gasteiger partial charge in [0.15, 0.2) is 5.69 Å². The molecule has 0 radical (unpaired) electrons. The number of hydrogen-bond acceptors (Lipinski definition) is 6. The van der Waals surface area contributed by atoms with Crippen molar-refractivity contribution in [2.75, 3.05) is 25.0 Å². The Morgan fingerprint density at radius 1 is 1.48 bits per heavy atom. The van der Waals surface area contributed by atoms with Crippen LogP contribution in [0.4, 0.5) is 5.69 Å². The van der Waals surface area contributed by atoms with Crippen molar-refractivity contribution in [2.45, 2.75) is 38.8 Å². The number of nitrogens with zero attached hydrogens (tertiary/aromatic N) is 2. The van der Waals surface area contributed by atoms with E-state index in [0.29, 0.717) is 18.3 Å². The third kappa shape index (κ3) is 3.28. The predicted octanol–water partition coefficient (Wildman–Crippen LogP) is 3.62. The zero-order chi connectivity index (χ0) is 17.2. The summed E-state index contributed by atoms with van der Waals surface area (Å²) in [6, 6.07) is 6.89. The number of benzene rings is 1. The molecule has 4 rings (SSSR count). The van der Waals surface area contributed by atoms with Gasteiger partial charge in [-0.2, -0.15) is 0 Å². The van der Waals surface area contributed by atoms with Crippen LogP contribution in [0.15, 0.2) is 23.6 Å². The molecule has 0 amide bonds. The summed E-state index contributed by atoms with van der Waals surface area (Å²) in [5.41, 5.74) is 4.55. The Hall–Kier alpha value is -1.92. The minimum Gasteiger partial charge on any atom is -0.461 e. The summed E-state index contributed by atoms with van der Waals surface area (Å²) in [7, 11) is 0. The molecule has 0 saturated carbocycles. The zero-order valence-electron chi connectivity index (χ0n) is 14.5. The first kappa shape index (κ1) is 16.5. The van der Waals surface area contributed by atoms with Gasteiger partial charge in [-0.25, -0.2) is 9.78 Å². The normalized spacial score (nSPS) is 19.6. The van der Waals surface area contributed by atoms with Crippen LogP contribution in [0.1, 0.15) is 52.4 Å². The van der Waals surface area contributed by atoms with Crippen LogP contribution in [0.2, 0.25) is 0 Å². The van der Waals surface area contributed by atoms with Gasteiger partial charge >= 0.3 is 5.97 Å². The molecule has 0 aliphatic carbocycles. The molecule has 0 spiro atoms. The SMILES string of the molecule is CCOC(=O)c1csc(C2CCCN2Cc2cccc3c2NCC3)n1. The van der Waals surface area contributed by atoms with Crippen molar-refractivity contribution in [3.63, 3.8) is 0 Å². The molecule has 0 bridgehead atoms. The van der Waals surface area contributed by atoms with Gasteiger partial charge in [-0.1, -0.05) is 18.2 Å². The molecule has 5 nitrogen and oxygen atoms in total. The Kier molecular flexibility index (Phi) is 4.72. The first-order chi connectivity index (χ1) is 12.3. The maximum atomic E-state index is 11.9. The lowest BCUT2D eigenvalue weighted by Gasteiger charge is -2.24. The maximum Gasteiger partial charge on any atom is 0.357 e. The van der Waals surface area contributed by atoms with Crippen molar-refractivity contribution in [3.8, 4) is 0 Å². The molecule has 3 heterocycles. The number of rotatable bonds is 5. The molecule has 1 atom stereocenters. The molecule has 1 unspecified atom stereocenters. The molecular formula is C19H23N3O2S. The third-order valence-corrected chi connectivity index (χ3v) is 5.91. The highest BCUT2D eigenvalue weighted by molar-refractivity contribution is 7.09. The number of carbonyl (C=O) groups is 1. The average molecular weight is 357 g/mol. The number of aromatic nitrogens is 1. The summed E-state index contributed by atoms with van der Waals surface area (Å²) in [5, 5.41) is 6.38. The summed E-state index contributed by atoms with van der Waals surface area (Å²) in [6.07, 6.45) is 3.38. The molecule has 2 aliphatic rings. The van der Waals surface area contributed by atoms with Gasteiger partial charge in [-0.3, -0.25) is 4.90 Å². The van der Waals surface area contributed by atoms with Crippen LogP contribution in [0.5, 0.6) is 0 Å². The number of thiazole rings is 1. The number of anilines is 1. The fraction of sp³-hybridized carbons (Fsp3) is 0.474. The van der Waals surface area contributed by atoms with Crippen LogP contribution in [0.25, 0.3) is 0 Å². The second kappa shape index (κ2) is 7.14.